The van der Waals surface area contributed by atoms with Gasteiger partial charge in [0, 0.05) is 23.4 Å². The Bertz CT molecular complexity index is 998. The molecule has 1 aliphatic carbocycles. The summed E-state index contributed by atoms with van der Waals surface area (Å²) in [5, 5.41) is 3.23. The quantitative estimate of drug-likeness (QED) is 0.573. The Morgan fingerprint density at radius 2 is 1.46 bits per heavy atom. The van der Waals surface area contributed by atoms with Crippen molar-refractivity contribution in [1.82, 2.24) is 10.2 Å². The molecular weight excluding hydrogens is 436 g/mol. The van der Waals surface area contributed by atoms with Crippen LogP contribution in [-0.4, -0.2) is 41.1 Å². The van der Waals surface area contributed by atoms with Crippen molar-refractivity contribution < 1.29 is 14.4 Å². The highest BCUT2D eigenvalue weighted by atomic mass is 16.2. The number of likely N-dealkylation sites (tertiary alicyclic amines) is 1. The van der Waals surface area contributed by atoms with E-state index in [1.54, 1.807) is 13.8 Å². The van der Waals surface area contributed by atoms with Crippen molar-refractivity contribution in [2.24, 2.45) is 5.41 Å². The molecule has 1 saturated heterocycles. The molecule has 5 nitrogen and oxygen atoms in total. The standard InChI is InChI=1S/C30H38N2O3/c1-4-29(2,3)26(33)28(35)32-21-11-16-25(32)27(34)31-24-17-19-30(20-18-24,22-12-7-5-8-13-22)23-14-9-6-10-15-23/h5-10,12-15,24-25H,4,11,16-21H2,1-3H3,(H,31,34)/t25-/m0/s1. The maximum absolute atomic E-state index is 13.3. The third-order valence-electron chi connectivity index (χ3n) is 8.35. The molecule has 186 valence electrons. The third-order valence-corrected chi connectivity index (χ3v) is 8.35. The van der Waals surface area contributed by atoms with Crippen molar-refractivity contribution >= 4 is 17.6 Å². The summed E-state index contributed by atoms with van der Waals surface area (Å²) in [7, 11) is 0. The van der Waals surface area contributed by atoms with Crippen LogP contribution in [0.4, 0.5) is 0 Å². The molecule has 0 radical (unpaired) electrons. The number of rotatable bonds is 7. The molecule has 0 aromatic heterocycles. The van der Waals surface area contributed by atoms with Crippen molar-refractivity contribution in [3.63, 3.8) is 0 Å². The maximum Gasteiger partial charge on any atom is 0.291 e. The summed E-state index contributed by atoms with van der Waals surface area (Å²) in [5.74, 6) is -1.02. The molecule has 1 N–H and O–H groups in total. The van der Waals surface area contributed by atoms with Crippen LogP contribution in [0.25, 0.3) is 0 Å². The van der Waals surface area contributed by atoms with E-state index in [4.69, 9.17) is 0 Å². The Kier molecular flexibility index (Phi) is 7.44. The van der Waals surface area contributed by atoms with Gasteiger partial charge in [0.1, 0.15) is 6.04 Å². The van der Waals surface area contributed by atoms with Crippen molar-refractivity contribution in [2.45, 2.75) is 83.2 Å². The molecule has 0 bridgehead atoms. The van der Waals surface area contributed by atoms with Gasteiger partial charge in [0.15, 0.2) is 0 Å². The van der Waals surface area contributed by atoms with Crippen LogP contribution in [0, 0.1) is 5.41 Å². The Morgan fingerprint density at radius 3 is 1.97 bits per heavy atom. The van der Waals surface area contributed by atoms with Crippen LogP contribution in [-0.2, 0) is 19.8 Å². The Morgan fingerprint density at radius 1 is 0.914 bits per heavy atom. The topological polar surface area (TPSA) is 66.5 Å². The van der Waals surface area contributed by atoms with E-state index in [0.29, 0.717) is 19.4 Å². The summed E-state index contributed by atoms with van der Waals surface area (Å²) in [6.45, 7) is 5.98. The number of ketones is 1. The summed E-state index contributed by atoms with van der Waals surface area (Å²) < 4.78 is 0. The van der Waals surface area contributed by atoms with E-state index in [-0.39, 0.29) is 17.4 Å². The monoisotopic (exact) mass is 474 g/mol. The molecule has 4 rings (SSSR count). The van der Waals surface area contributed by atoms with Gasteiger partial charge in [0.05, 0.1) is 0 Å². The zero-order valence-electron chi connectivity index (χ0n) is 21.3. The lowest BCUT2D eigenvalue weighted by molar-refractivity contribution is -0.151. The smallest absolute Gasteiger partial charge is 0.291 e. The average molecular weight is 475 g/mol. The molecule has 1 aliphatic heterocycles. The van der Waals surface area contributed by atoms with Gasteiger partial charge in [-0.15, -0.1) is 0 Å². The van der Waals surface area contributed by atoms with Crippen LogP contribution >= 0.6 is 0 Å². The van der Waals surface area contributed by atoms with Crippen LogP contribution < -0.4 is 5.32 Å². The normalized spacial score (nSPS) is 20.4. The summed E-state index contributed by atoms with van der Waals surface area (Å²) >= 11 is 0. The highest BCUT2D eigenvalue weighted by Gasteiger charge is 2.43. The van der Waals surface area contributed by atoms with E-state index in [0.717, 1.165) is 32.1 Å². The number of Topliss-reactive ketones (excluding diaryl/α,β-unsaturated/α-hetero) is 1. The number of amides is 2. The summed E-state index contributed by atoms with van der Waals surface area (Å²) in [6, 6.07) is 20.9. The van der Waals surface area contributed by atoms with Crippen LogP contribution in [0.5, 0.6) is 0 Å². The molecule has 1 atom stereocenters. The molecule has 2 aromatic rings. The third kappa shape index (κ3) is 5.05. The van der Waals surface area contributed by atoms with Gasteiger partial charge in [0.25, 0.3) is 5.91 Å². The summed E-state index contributed by atoms with van der Waals surface area (Å²) in [6.07, 6.45) is 5.59. The number of carbonyl (C=O) groups excluding carboxylic acids is 3. The molecule has 2 aromatic carbocycles. The number of benzene rings is 2. The lowest BCUT2D eigenvalue weighted by Crippen LogP contribution is -2.53. The second-order valence-corrected chi connectivity index (χ2v) is 10.8. The molecule has 0 unspecified atom stereocenters. The first kappa shape index (κ1) is 25.2. The zero-order valence-corrected chi connectivity index (χ0v) is 21.3. The first-order valence-electron chi connectivity index (χ1n) is 13.1. The Balaban J connectivity index is 1.44. The van der Waals surface area contributed by atoms with Gasteiger partial charge >= 0.3 is 0 Å². The number of hydrogen-bond acceptors (Lipinski definition) is 3. The molecular formula is C30H38N2O3. The molecule has 0 spiro atoms. The Hall–Kier alpha value is -2.95. The maximum atomic E-state index is 13.3. The van der Waals surface area contributed by atoms with Gasteiger partial charge in [0.2, 0.25) is 11.7 Å². The van der Waals surface area contributed by atoms with E-state index < -0.39 is 23.1 Å². The molecule has 5 heteroatoms. The van der Waals surface area contributed by atoms with Crippen molar-refractivity contribution in [1.29, 1.82) is 0 Å². The lowest BCUT2D eigenvalue weighted by Gasteiger charge is -2.42. The average Bonchev–Trinajstić information content (AvgIpc) is 3.40. The minimum absolute atomic E-state index is 0.0583. The second kappa shape index (κ2) is 10.3. The van der Waals surface area contributed by atoms with Crippen LogP contribution in [0.1, 0.15) is 76.8 Å². The molecule has 1 heterocycles. The fourth-order valence-corrected chi connectivity index (χ4v) is 5.67. The van der Waals surface area contributed by atoms with Crippen LogP contribution in [0.15, 0.2) is 60.7 Å². The number of carbonyl (C=O) groups is 3. The highest BCUT2D eigenvalue weighted by Crippen LogP contribution is 2.44. The van der Waals surface area contributed by atoms with Gasteiger partial charge < -0.3 is 10.2 Å². The van der Waals surface area contributed by atoms with E-state index in [9.17, 15) is 14.4 Å². The molecule has 1 saturated carbocycles. The van der Waals surface area contributed by atoms with Crippen molar-refractivity contribution in [3.05, 3.63) is 71.8 Å². The first-order valence-corrected chi connectivity index (χ1v) is 13.1. The fraction of sp³-hybridized carbons (Fsp3) is 0.500. The zero-order chi connectivity index (χ0) is 25.1. The largest absolute Gasteiger partial charge is 0.352 e. The molecule has 35 heavy (non-hydrogen) atoms. The van der Waals surface area contributed by atoms with Gasteiger partial charge in [-0.1, -0.05) is 81.4 Å². The highest BCUT2D eigenvalue weighted by molar-refractivity contribution is 6.38. The van der Waals surface area contributed by atoms with Gasteiger partial charge in [-0.3, -0.25) is 14.4 Å². The minimum Gasteiger partial charge on any atom is -0.352 e. The molecule has 2 fully saturated rings. The van der Waals surface area contributed by atoms with E-state index >= 15 is 0 Å². The molecule has 2 aliphatic rings. The van der Waals surface area contributed by atoms with E-state index in [2.05, 4.69) is 66.0 Å². The van der Waals surface area contributed by atoms with Gasteiger partial charge in [-0.05, 0) is 56.1 Å². The number of hydrogen-bond donors (Lipinski definition) is 1. The predicted octanol–water partition coefficient (Wildman–Crippen LogP) is 5.03. The molecule has 2 amide bonds. The van der Waals surface area contributed by atoms with Gasteiger partial charge in [-0.2, -0.15) is 0 Å². The predicted molar refractivity (Wildman–Crippen MR) is 138 cm³/mol. The summed E-state index contributed by atoms with van der Waals surface area (Å²) in [4.78, 5) is 40.5. The first-order chi connectivity index (χ1) is 16.8. The van der Waals surface area contributed by atoms with Crippen molar-refractivity contribution in [2.75, 3.05) is 6.54 Å². The Labute approximate surface area is 209 Å². The summed E-state index contributed by atoms with van der Waals surface area (Å²) in [5.41, 5.74) is 1.88. The van der Waals surface area contributed by atoms with E-state index in [1.807, 2.05) is 6.92 Å². The lowest BCUT2D eigenvalue weighted by atomic mass is 9.64. The minimum atomic E-state index is -0.706. The van der Waals surface area contributed by atoms with Crippen LogP contribution in [0.3, 0.4) is 0 Å². The van der Waals surface area contributed by atoms with Crippen molar-refractivity contribution in [3.8, 4) is 0 Å². The fourth-order valence-electron chi connectivity index (χ4n) is 5.67. The van der Waals surface area contributed by atoms with Crippen LogP contribution in [0.2, 0.25) is 0 Å². The number of nitrogens with zero attached hydrogens (tertiary/aromatic N) is 1. The van der Waals surface area contributed by atoms with Gasteiger partial charge in [-0.25, -0.2) is 0 Å². The number of nitrogens with one attached hydrogen (secondary N) is 1. The second-order valence-electron chi connectivity index (χ2n) is 10.8. The SMILES string of the molecule is CCC(C)(C)C(=O)C(=O)N1CCC[C@H]1C(=O)NC1CCC(c2ccccc2)(c2ccccc2)CC1. The van der Waals surface area contributed by atoms with E-state index in [1.165, 1.54) is 16.0 Å².